The number of nitrogens with zero attached hydrogens (tertiary/aromatic N) is 3. The van der Waals surface area contributed by atoms with Crippen LogP contribution in [0.3, 0.4) is 0 Å². The molecule has 0 radical (unpaired) electrons. The molecule has 6 nitrogen and oxygen atoms in total. The molecule has 0 bridgehead atoms. The van der Waals surface area contributed by atoms with Gasteiger partial charge in [-0.25, -0.2) is 4.98 Å². The van der Waals surface area contributed by atoms with Crippen LogP contribution in [0.25, 0.3) is 0 Å². The molecule has 0 spiro atoms. The SMILES string of the molecule is COCCNC(=O)[C@H]1CN(Cc2scnc2C)Cc2cccn2C1. The number of nitrogens with one attached hydrogen (secondary N) is 1. The van der Waals surface area contributed by atoms with Gasteiger partial charge in [-0.05, 0) is 19.1 Å². The van der Waals surface area contributed by atoms with Gasteiger partial charge in [0.1, 0.15) is 0 Å². The largest absolute Gasteiger partial charge is 0.383 e. The molecule has 1 aliphatic heterocycles. The van der Waals surface area contributed by atoms with Gasteiger partial charge >= 0.3 is 0 Å². The highest BCUT2D eigenvalue weighted by Gasteiger charge is 2.27. The van der Waals surface area contributed by atoms with Gasteiger partial charge in [0.05, 0.1) is 23.7 Å². The van der Waals surface area contributed by atoms with Crippen LogP contribution in [0.2, 0.25) is 0 Å². The van der Waals surface area contributed by atoms with Gasteiger partial charge in [-0.1, -0.05) is 0 Å². The number of carbonyl (C=O) groups excluding carboxylic acids is 1. The van der Waals surface area contributed by atoms with Crippen molar-refractivity contribution in [1.29, 1.82) is 0 Å². The first-order valence-corrected chi connectivity index (χ1v) is 9.07. The van der Waals surface area contributed by atoms with Gasteiger partial charge in [0.2, 0.25) is 5.91 Å². The zero-order valence-corrected chi connectivity index (χ0v) is 15.0. The number of hydrogen-bond donors (Lipinski definition) is 1. The molecule has 24 heavy (non-hydrogen) atoms. The molecular weight excluding hydrogens is 324 g/mol. The summed E-state index contributed by atoms with van der Waals surface area (Å²) in [6, 6.07) is 4.19. The number of fused-ring (bicyclic) bond motifs is 1. The Morgan fingerprint density at radius 2 is 2.38 bits per heavy atom. The number of hydrogen-bond acceptors (Lipinski definition) is 5. The number of rotatable bonds is 6. The monoisotopic (exact) mass is 348 g/mol. The summed E-state index contributed by atoms with van der Waals surface area (Å²) >= 11 is 1.68. The first-order chi connectivity index (χ1) is 11.7. The first-order valence-electron chi connectivity index (χ1n) is 8.19. The Bertz CT molecular complexity index is 682. The molecule has 0 unspecified atom stereocenters. The maximum atomic E-state index is 12.6. The van der Waals surface area contributed by atoms with Crippen LogP contribution in [-0.2, 0) is 29.2 Å². The minimum atomic E-state index is -0.0660. The molecule has 0 fully saturated rings. The second-order valence-corrected chi connectivity index (χ2v) is 7.10. The maximum absolute atomic E-state index is 12.6. The molecule has 0 aromatic carbocycles. The van der Waals surface area contributed by atoms with Crippen LogP contribution in [0.4, 0.5) is 0 Å². The Hall–Kier alpha value is -1.70. The average molecular weight is 348 g/mol. The summed E-state index contributed by atoms with van der Waals surface area (Å²) in [6.07, 6.45) is 2.06. The summed E-state index contributed by atoms with van der Waals surface area (Å²) in [5.41, 5.74) is 4.23. The molecule has 1 amide bonds. The number of ether oxygens (including phenoxy) is 1. The van der Waals surface area contributed by atoms with E-state index in [0.29, 0.717) is 13.2 Å². The van der Waals surface area contributed by atoms with Crippen molar-refractivity contribution in [3.05, 3.63) is 40.1 Å². The Morgan fingerprint density at radius 1 is 1.50 bits per heavy atom. The molecule has 1 N–H and O–H groups in total. The van der Waals surface area contributed by atoms with E-state index in [4.69, 9.17) is 4.74 Å². The fourth-order valence-corrected chi connectivity index (χ4v) is 3.88. The van der Waals surface area contributed by atoms with Gasteiger partial charge in [0, 0.05) is 56.6 Å². The normalized spacial score (nSPS) is 18.2. The summed E-state index contributed by atoms with van der Waals surface area (Å²) in [7, 11) is 1.64. The summed E-state index contributed by atoms with van der Waals surface area (Å²) in [5, 5.41) is 2.98. The lowest BCUT2D eigenvalue weighted by Gasteiger charge is -2.23. The highest BCUT2D eigenvalue weighted by Crippen LogP contribution is 2.22. The second kappa shape index (κ2) is 7.92. The molecular formula is C17H24N4O2S. The first kappa shape index (κ1) is 17.1. The predicted octanol–water partition coefficient (Wildman–Crippen LogP) is 1.65. The molecule has 0 aliphatic carbocycles. The number of methoxy groups -OCH3 is 1. The highest BCUT2D eigenvalue weighted by molar-refractivity contribution is 7.09. The molecule has 130 valence electrons. The fraction of sp³-hybridized carbons (Fsp3) is 0.529. The zero-order chi connectivity index (χ0) is 16.9. The molecule has 3 rings (SSSR count). The topological polar surface area (TPSA) is 59.4 Å². The minimum Gasteiger partial charge on any atom is -0.383 e. The van der Waals surface area contributed by atoms with E-state index in [1.165, 1.54) is 10.6 Å². The van der Waals surface area contributed by atoms with Gasteiger partial charge < -0.3 is 14.6 Å². The summed E-state index contributed by atoms with van der Waals surface area (Å²) in [4.78, 5) is 20.5. The van der Waals surface area contributed by atoms with E-state index in [1.807, 2.05) is 12.4 Å². The molecule has 0 saturated heterocycles. The van der Waals surface area contributed by atoms with Crippen LogP contribution in [-0.4, -0.2) is 47.2 Å². The Balaban J connectivity index is 1.73. The van der Waals surface area contributed by atoms with Crippen molar-refractivity contribution in [2.24, 2.45) is 5.92 Å². The molecule has 7 heteroatoms. The molecule has 3 heterocycles. The third-order valence-electron chi connectivity index (χ3n) is 4.39. The number of carbonyl (C=O) groups is 1. The van der Waals surface area contributed by atoms with E-state index in [2.05, 4.69) is 38.1 Å². The average Bonchev–Trinajstić information content (AvgIpc) is 3.12. The zero-order valence-electron chi connectivity index (χ0n) is 14.2. The lowest BCUT2D eigenvalue weighted by atomic mass is 10.1. The van der Waals surface area contributed by atoms with Crippen molar-refractivity contribution in [2.45, 2.75) is 26.6 Å². The Kier molecular flexibility index (Phi) is 5.65. The lowest BCUT2D eigenvalue weighted by Crippen LogP contribution is -2.39. The maximum Gasteiger partial charge on any atom is 0.226 e. The lowest BCUT2D eigenvalue weighted by molar-refractivity contribution is -0.126. The van der Waals surface area contributed by atoms with Crippen LogP contribution >= 0.6 is 11.3 Å². The van der Waals surface area contributed by atoms with E-state index in [0.717, 1.165) is 31.9 Å². The summed E-state index contributed by atoms with van der Waals surface area (Å²) < 4.78 is 7.21. The molecule has 1 atom stereocenters. The van der Waals surface area contributed by atoms with E-state index >= 15 is 0 Å². The van der Waals surface area contributed by atoms with Gasteiger partial charge in [-0.2, -0.15) is 0 Å². The molecule has 2 aromatic rings. The van der Waals surface area contributed by atoms with Gasteiger partial charge in [-0.3, -0.25) is 9.69 Å². The van der Waals surface area contributed by atoms with Crippen molar-refractivity contribution in [2.75, 3.05) is 26.8 Å². The van der Waals surface area contributed by atoms with E-state index in [9.17, 15) is 4.79 Å². The smallest absolute Gasteiger partial charge is 0.226 e. The van der Waals surface area contributed by atoms with Gasteiger partial charge in [-0.15, -0.1) is 11.3 Å². The van der Waals surface area contributed by atoms with Crippen LogP contribution in [0.15, 0.2) is 23.8 Å². The minimum absolute atomic E-state index is 0.0660. The Morgan fingerprint density at radius 3 is 3.12 bits per heavy atom. The number of amides is 1. The predicted molar refractivity (Wildman–Crippen MR) is 93.8 cm³/mol. The number of thiazole rings is 1. The molecule has 0 saturated carbocycles. The van der Waals surface area contributed by atoms with Crippen LogP contribution in [0, 0.1) is 12.8 Å². The van der Waals surface area contributed by atoms with Crippen molar-refractivity contribution in [1.82, 2.24) is 19.8 Å². The van der Waals surface area contributed by atoms with Crippen molar-refractivity contribution >= 4 is 17.2 Å². The Labute approximate surface area is 146 Å². The summed E-state index contributed by atoms with van der Waals surface area (Å²) in [5.74, 6) is 0.0309. The molecule has 2 aromatic heterocycles. The second-order valence-electron chi connectivity index (χ2n) is 6.16. The third-order valence-corrected chi connectivity index (χ3v) is 5.31. The third kappa shape index (κ3) is 4.03. The van der Waals surface area contributed by atoms with Crippen molar-refractivity contribution in [3.63, 3.8) is 0 Å². The van der Waals surface area contributed by atoms with E-state index in [-0.39, 0.29) is 11.8 Å². The highest BCUT2D eigenvalue weighted by atomic mass is 32.1. The van der Waals surface area contributed by atoms with Gasteiger partial charge in [0.25, 0.3) is 0 Å². The van der Waals surface area contributed by atoms with Gasteiger partial charge in [0.15, 0.2) is 0 Å². The summed E-state index contributed by atoms with van der Waals surface area (Å²) in [6.45, 7) is 6.30. The van der Waals surface area contributed by atoms with Crippen LogP contribution < -0.4 is 5.32 Å². The molecule has 1 aliphatic rings. The number of aryl methyl sites for hydroxylation is 1. The van der Waals surface area contributed by atoms with Crippen LogP contribution in [0.1, 0.15) is 16.3 Å². The number of aromatic nitrogens is 2. The van der Waals surface area contributed by atoms with Crippen molar-refractivity contribution in [3.8, 4) is 0 Å². The quantitative estimate of drug-likeness (QED) is 0.807. The standard InChI is InChI=1S/C17H24N4O2S/c1-13-16(24-12-19-13)11-20-8-14(17(22)18-5-7-23-2)9-21-6-3-4-15(21)10-20/h3-4,6,12,14H,5,7-11H2,1-2H3,(H,18,22)/t14-/m0/s1. The fourth-order valence-electron chi connectivity index (χ4n) is 3.06. The van der Waals surface area contributed by atoms with Crippen LogP contribution in [0.5, 0.6) is 0 Å². The van der Waals surface area contributed by atoms with E-state index < -0.39 is 0 Å². The van der Waals surface area contributed by atoms with E-state index in [1.54, 1.807) is 18.4 Å². The van der Waals surface area contributed by atoms with Crippen molar-refractivity contribution < 1.29 is 9.53 Å².